The fraction of sp³-hybridized carbons (Fsp3) is 0.267. The maximum absolute atomic E-state index is 13.0. The van der Waals surface area contributed by atoms with Gasteiger partial charge in [0, 0.05) is 13.6 Å². The average molecular weight is 415 g/mol. The molecule has 8 heteroatoms. The predicted molar refractivity (Wildman–Crippen MR) is 92.7 cm³/mol. The van der Waals surface area contributed by atoms with Crippen molar-refractivity contribution in [1.82, 2.24) is 9.62 Å². The van der Waals surface area contributed by atoms with E-state index in [9.17, 15) is 13.2 Å². The molecule has 1 aliphatic heterocycles. The molecule has 1 aromatic heterocycles. The lowest BCUT2D eigenvalue weighted by Crippen LogP contribution is -2.51. The topological polar surface area (TPSA) is 66.5 Å². The second-order valence-electron chi connectivity index (χ2n) is 5.21. The maximum Gasteiger partial charge on any atom is 0.253 e. The Bertz CT molecular complexity index is 848. The van der Waals surface area contributed by atoms with Crippen LogP contribution in [0.25, 0.3) is 0 Å². The van der Waals surface area contributed by atoms with Crippen molar-refractivity contribution >= 4 is 43.2 Å². The minimum Gasteiger partial charge on any atom is -0.358 e. The van der Waals surface area contributed by atoms with E-state index in [0.29, 0.717) is 6.42 Å². The Morgan fingerprint density at radius 2 is 1.96 bits per heavy atom. The average Bonchev–Trinajstić information content (AvgIpc) is 3.00. The van der Waals surface area contributed by atoms with Crippen molar-refractivity contribution in [2.75, 3.05) is 7.05 Å². The molecule has 0 spiro atoms. The van der Waals surface area contributed by atoms with E-state index in [1.54, 1.807) is 12.1 Å². The summed E-state index contributed by atoms with van der Waals surface area (Å²) in [7, 11) is -2.20. The molecule has 1 atom stereocenters. The van der Waals surface area contributed by atoms with E-state index in [1.807, 2.05) is 24.3 Å². The number of thiophene rings is 1. The molecule has 0 saturated carbocycles. The van der Waals surface area contributed by atoms with Crippen LogP contribution in [0, 0.1) is 0 Å². The molecule has 1 aliphatic rings. The molecule has 23 heavy (non-hydrogen) atoms. The number of fused-ring (bicyclic) bond motifs is 1. The maximum atomic E-state index is 13.0. The molecule has 5 nitrogen and oxygen atoms in total. The van der Waals surface area contributed by atoms with Gasteiger partial charge in [-0.1, -0.05) is 24.3 Å². The summed E-state index contributed by atoms with van der Waals surface area (Å²) in [5, 5.41) is 2.57. The highest BCUT2D eigenvalue weighted by Gasteiger charge is 2.39. The fourth-order valence-electron chi connectivity index (χ4n) is 2.69. The number of halogens is 1. The standard InChI is InChI=1S/C15H15BrN2O3S2/c1-17-15(19)12-8-10-4-2-3-5-11(10)9-18(12)23(20,21)14-7-6-13(16)22-14/h2-7,12H,8-9H2,1H3,(H,17,19). The van der Waals surface area contributed by atoms with Gasteiger partial charge in [0.05, 0.1) is 3.79 Å². The monoisotopic (exact) mass is 414 g/mol. The van der Waals surface area contributed by atoms with Crippen LogP contribution < -0.4 is 5.32 Å². The fourth-order valence-corrected chi connectivity index (χ4v) is 6.40. The van der Waals surface area contributed by atoms with Gasteiger partial charge in [-0.2, -0.15) is 4.31 Å². The van der Waals surface area contributed by atoms with Crippen LogP contribution in [0.5, 0.6) is 0 Å². The lowest BCUT2D eigenvalue weighted by Gasteiger charge is -2.34. The van der Waals surface area contributed by atoms with Crippen molar-refractivity contribution in [2.45, 2.75) is 23.2 Å². The number of hydrogen-bond donors (Lipinski definition) is 1. The van der Waals surface area contributed by atoms with Crippen LogP contribution >= 0.6 is 27.3 Å². The largest absolute Gasteiger partial charge is 0.358 e. The Morgan fingerprint density at radius 3 is 2.57 bits per heavy atom. The SMILES string of the molecule is CNC(=O)C1Cc2ccccc2CN1S(=O)(=O)c1ccc(Br)s1. The van der Waals surface area contributed by atoms with Crippen molar-refractivity contribution in [2.24, 2.45) is 0 Å². The summed E-state index contributed by atoms with van der Waals surface area (Å²) in [4.78, 5) is 12.2. The molecule has 122 valence electrons. The third kappa shape index (κ3) is 3.08. The minimum atomic E-state index is -3.73. The third-order valence-corrected chi connectivity index (χ3v) is 7.81. The van der Waals surface area contributed by atoms with Crippen molar-refractivity contribution in [3.05, 3.63) is 51.3 Å². The van der Waals surface area contributed by atoms with Gasteiger partial charge in [-0.25, -0.2) is 8.42 Å². The third-order valence-electron chi connectivity index (χ3n) is 3.87. The molecule has 2 aromatic rings. The molecular weight excluding hydrogens is 400 g/mol. The Kier molecular flexibility index (Phi) is 4.59. The number of rotatable bonds is 3. The number of nitrogens with one attached hydrogen (secondary N) is 1. The van der Waals surface area contributed by atoms with Crippen molar-refractivity contribution in [1.29, 1.82) is 0 Å². The van der Waals surface area contributed by atoms with Crippen LogP contribution in [0.4, 0.5) is 0 Å². The lowest BCUT2D eigenvalue weighted by atomic mass is 9.95. The van der Waals surface area contributed by atoms with Crippen LogP contribution in [0.3, 0.4) is 0 Å². The van der Waals surface area contributed by atoms with E-state index < -0.39 is 16.1 Å². The minimum absolute atomic E-state index is 0.201. The van der Waals surface area contributed by atoms with Gasteiger partial charge in [0.1, 0.15) is 10.3 Å². The smallest absolute Gasteiger partial charge is 0.253 e. The Hall–Kier alpha value is -1.22. The van der Waals surface area contributed by atoms with E-state index in [0.717, 1.165) is 26.3 Å². The molecule has 1 aromatic carbocycles. The van der Waals surface area contributed by atoms with Gasteiger partial charge in [0.15, 0.2) is 0 Å². The Labute approximate surface area is 147 Å². The lowest BCUT2D eigenvalue weighted by molar-refractivity contribution is -0.124. The van der Waals surface area contributed by atoms with Gasteiger partial charge in [0.25, 0.3) is 10.0 Å². The molecule has 3 rings (SSSR count). The first-order valence-electron chi connectivity index (χ1n) is 6.99. The summed E-state index contributed by atoms with van der Waals surface area (Å²) >= 11 is 4.43. The molecule has 0 bridgehead atoms. The normalized spacial score (nSPS) is 18.4. The highest BCUT2D eigenvalue weighted by Crippen LogP contribution is 2.33. The number of benzene rings is 1. The molecule has 0 fully saturated rings. The molecule has 1 unspecified atom stereocenters. The number of sulfonamides is 1. The summed E-state index contributed by atoms with van der Waals surface area (Å²) < 4.78 is 28.2. The van der Waals surface area contributed by atoms with Gasteiger partial charge in [0.2, 0.25) is 5.91 Å². The number of amides is 1. The quantitative estimate of drug-likeness (QED) is 0.837. The summed E-state index contributed by atoms with van der Waals surface area (Å²) in [5.41, 5.74) is 1.95. The van der Waals surface area contributed by atoms with E-state index in [2.05, 4.69) is 21.2 Å². The molecule has 1 amide bonds. The van der Waals surface area contributed by atoms with Crippen LogP contribution in [-0.4, -0.2) is 31.7 Å². The van der Waals surface area contributed by atoms with Gasteiger partial charge in [-0.05, 0) is 45.6 Å². The number of carbonyl (C=O) groups is 1. The molecule has 0 radical (unpaired) electrons. The predicted octanol–water partition coefficient (Wildman–Crippen LogP) is 2.37. The summed E-state index contributed by atoms with van der Waals surface area (Å²) in [6, 6.07) is 10.2. The van der Waals surface area contributed by atoms with Gasteiger partial charge < -0.3 is 5.32 Å². The van der Waals surface area contributed by atoms with Crippen LogP contribution in [-0.2, 0) is 27.8 Å². The number of likely N-dealkylation sites (N-methyl/N-ethyl adjacent to an activating group) is 1. The molecule has 2 heterocycles. The van der Waals surface area contributed by atoms with E-state index in [1.165, 1.54) is 11.4 Å². The Morgan fingerprint density at radius 1 is 1.26 bits per heavy atom. The second kappa shape index (κ2) is 6.35. The summed E-state index contributed by atoms with van der Waals surface area (Å²) in [6.07, 6.45) is 0.377. The van der Waals surface area contributed by atoms with Gasteiger partial charge in [-0.15, -0.1) is 11.3 Å². The molecule has 1 N–H and O–H groups in total. The van der Waals surface area contributed by atoms with Crippen molar-refractivity contribution in [3.63, 3.8) is 0 Å². The van der Waals surface area contributed by atoms with Gasteiger partial charge in [-0.3, -0.25) is 4.79 Å². The zero-order valence-corrected chi connectivity index (χ0v) is 15.5. The number of hydrogen-bond acceptors (Lipinski definition) is 4. The highest BCUT2D eigenvalue weighted by atomic mass is 79.9. The number of nitrogens with zero attached hydrogens (tertiary/aromatic N) is 1. The summed E-state index contributed by atoms with van der Waals surface area (Å²) in [5.74, 6) is -0.293. The van der Waals surface area contributed by atoms with Crippen LogP contribution in [0.2, 0.25) is 0 Å². The first-order chi connectivity index (χ1) is 10.9. The van der Waals surface area contributed by atoms with Crippen LogP contribution in [0.1, 0.15) is 11.1 Å². The Balaban J connectivity index is 2.06. The van der Waals surface area contributed by atoms with Crippen LogP contribution in [0.15, 0.2) is 44.4 Å². The first kappa shape index (κ1) is 16.6. The first-order valence-corrected chi connectivity index (χ1v) is 10.0. The van der Waals surface area contributed by atoms with Crippen molar-refractivity contribution in [3.8, 4) is 0 Å². The summed E-state index contributed by atoms with van der Waals surface area (Å²) in [6.45, 7) is 0.201. The zero-order chi connectivity index (χ0) is 16.6. The van der Waals surface area contributed by atoms with E-state index in [-0.39, 0.29) is 16.7 Å². The van der Waals surface area contributed by atoms with Gasteiger partial charge >= 0.3 is 0 Å². The second-order valence-corrected chi connectivity index (χ2v) is 9.79. The van der Waals surface area contributed by atoms with Crippen molar-refractivity contribution < 1.29 is 13.2 Å². The molecular formula is C15H15BrN2O3S2. The van der Waals surface area contributed by atoms with E-state index >= 15 is 0 Å². The molecule has 0 aliphatic carbocycles. The molecule has 0 saturated heterocycles. The zero-order valence-electron chi connectivity index (χ0n) is 12.3. The number of carbonyl (C=O) groups excluding carboxylic acids is 1. The highest BCUT2D eigenvalue weighted by molar-refractivity contribution is 9.11. The van der Waals surface area contributed by atoms with E-state index in [4.69, 9.17) is 0 Å².